The maximum Gasteiger partial charge on any atom is 0.341 e. The Morgan fingerprint density at radius 1 is 1.21 bits per heavy atom. The van der Waals surface area contributed by atoms with Gasteiger partial charge in [-0.15, -0.1) is 0 Å². The van der Waals surface area contributed by atoms with Gasteiger partial charge in [-0.3, -0.25) is 4.79 Å². The fraction of sp³-hybridized carbons (Fsp3) is 0.692. The first-order chi connectivity index (χ1) is 16.0. The summed E-state index contributed by atoms with van der Waals surface area (Å²) in [6, 6.07) is 5.84. The van der Waals surface area contributed by atoms with Crippen LogP contribution >= 0.6 is 0 Å². The summed E-state index contributed by atoms with van der Waals surface area (Å²) in [5.74, 6) is 0.431. The molecule has 182 valence electrons. The molecule has 7 nitrogen and oxygen atoms in total. The summed E-state index contributed by atoms with van der Waals surface area (Å²) in [6.07, 6.45) is 5.80. The first-order valence-electron chi connectivity index (χ1n) is 12.4. The molecule has 2 N–H and O–H groups in total. The molecule has 5 atom stereocenters. The van der Waals surface area contributed by atoms with E-state index in [4.69, 9.17) is 19.3 Å². The zero-order valence-corrected chi connectivity index (χ0v) is 19.4. The van der Waals surface area contributed by atoms with Crippen LogP contribution in [0.25, 0.3) is 0 Å². The molecule has 0 unspecified atom stereocenters. The Morgan fingerprint density at radius 3 is 2.73 bits per heavy atom. The predicted octanol–water partition coefficient (Wildman–Crippen LogP) is 3.39. The van der Waals surface area contributed by atoms with Crippen LogP contribution in [0.15, 0.2) is 18.2 Å². The Hall–Kier alpha value is -2.12. The van der Waals surface area contributed by atoms with Crippen molar-refractivity contribution in [2.75, 3.05) is 19.8 Å². The van der Waals surface area contributed by atoms with Crippen LogP contribution in [-0.4, -0.2) is 54.2 Å². The normalized spacial score (nSPS) is 27.9. The number of fused-ring (bicyclic) bond motifs is 2. The molecular weight excluding hydrogens is 424 g/mol. The number of carbonyl (C=O) groups is 2. The van der Waals surface area contributed by atoms with Gasteiger partial charge in [-0.2, -0.15) is 0 Å². The lowest BCUT2D eigenvalue weighted by Crippen LogP contribution is -2.30. The number of aliphatic carboxylic acids is 1. The van der Waals surface area contributed by atoms with Gasteiger partial charge >= 0.3 is 11.9 Å². The lowest BCUT2D eigenvalue weighted by molar-refractivity contribution is -0.158. The van der Waals surface area contributed by atoms with Crippen molar-refractivity contribution in [3.63, 3.8) is 0 Å². The van der Waals surface area contributed by atoms with Gasteiger partial charge in [0.25, 0.3) is 0 Å². The van der Waals surface area contributed by atoms with Crippen molar-refractivity contribution in [1.29, 1.82) is 0 Å². The molecular formula is C26H36O7. The molecule has 1 saturated heterocycles. The highest BCUT2D eigenvalue weighted by molar-refractivity contribution is 5.72. The molecule has 4 rings (SSSR count). The van der Waals surface area contributed by atoms with E-state index in [0.29, 0.717) is 30.8 Å². The summed E-state index contributed by atoms with van der Waals surface area (Å²) in [6.45, 7) is 2.95. The molecule has 0 spiro atoms. The van der Waals surface area contributed by atoms with E-state index in [-0.39, 0.29) is 36.6 Å². The highest BCUT2D eigenvalue weighted by Gasteiger charge is 2.45. The molecule has 2 aliphatic carbocycles. The third-order valence-electron chi connectivity index (χ3n) is 7.81. The molecule has 1 heterocycles. The molecule has 1 aromatic rings. The average Bonchev–Trinajstić information content (AvgIpc) is 3.13. The van der Waals surface area contributed by atoms with E-state index >= 15 is 0 Å². The molecule has 1 aromatic carbocycles. The molecule has 1 saturated carbocycles. The van der Waals surface area contributed by atoms with Gasteiger partial charge in [0, 0.05) is 13.2 Å². The number of carboxylic acid groups (broad SMARTS) is 1. The quantitative estimate of drug-likeness (QED) is 0.545. The molecule has 2 fully saturated rings. The van der Waals surface area contributed by atoms with E-state index in [2.05, 4.69) is 6.07 Å². The van der Waals surface area contributed by atoms with Gasteiger partial charge in [0.15, 0.2) is 6.61 Å². The highest BCUT2D eigenvalue weighted by atomic mass is 16.5. The number of aliphatic hydroxyl groups excluding tert-OH is 1. The summed E-state index contributed by atoms with van der Waals surface area (Å²) in [5.41, 5.74) is 2.28. The summed E-state index contributed by atoms with van der Waals surface area (Å²) in [4.78, 5) is 23.5. The molecule has 0 radical (unpaired) electrons. The van der Waals surface area contributed by atoms with E-state index in [1.54, 1.807) is 0 Å². The number of carbonyl (C=O) groups excluding carboxylic acids is 1. The third kappa shape index (κ3) is 5.69. The van der Waals surface area contributed by atoms with E-state index in [1.165, 1.54) is 5.56 Å². The minimum absolute atomic E-state index is 0.0540. The number of rotatable bonds is 9. The number of aliphatic hydroxyl groups is 1. The summed E-state index contributed by atoms with van der Waals surface area (Å²) >= 11 is 0. The molecule has 0 aromatic heterocycles. The van der Waals surface area contributed by atoms with E-state index in [9.17, 15) is 14.7 Å². The standard InChI is InChI=1S/C26H36O7/c1-2-19(33-26(30)16-8-10-31-11-9-16)6-7-20-21-12-17-4-3-5-24(32-15-25(28)29)22(17)13-18(21)14-23(20)27/h3-5,16,18-21,23,27H,2,6-15H2,1H3,(H,28,29)/t18-,19-,20+,21-,23+/m0/s1. The van der Waals surface area contributed by atoms with Crippen molar-refractivity contribution in [1.82, 2.24) is 0 Å². The van der Waals surface area contributed by atoms with Crippen LogP contribution in [0, 0.1) is 23.7 Å². The van der Waals surface area contributed by atoms with Crippen molar-refractivity contribution in [2.24, 2.45) is 23.7 Å². The molecule has 0 amide bonds. The lowest BCUT2D eigenvalue weighted by atomic mass is 9.73. The second-order valence-corrected chi connectivity index (χ2v) is 9.81. The lowest BCUT2D eigenvalue weighted by Gasteiger charge is -2.33. The van der Waals surface area contributed by atoms with E-state index in [1.807, 2.05) is 19.1 Å². The van der Waals surface area contributed by atoms with Crippen LogP contribution in [-0.2, 0) is 31.9 Å². The van der Waals surface area contributed by atoms with Crippen LogP contribution in [0.2, 0.25) is 0 Å². The monoisotopic (exact) mass is 460 g/mol. The van der Waals surface area contributed by atoms with Gasteiger partial charge in [-0.1, -0.05) is 19.1 Å². The van der Waals surface area contributed by atoms with Crippen LogP contribution in [0.1, 0.15) is 56.6 Å². The Morgan fingerprint density at radius 2 is 2.00 bits per heavy atom. The number of benzene rings is 1. The van der Waals surface area contributed by atoms with Gasteiger partial charge in [0.1, 0.15) is 11.9 Å². The Balaban J connectivity index is 1.36. The van der Waals surface area contributed by atoms with Crippen molar-refractivity contribution >= 4 is 11.9 Å². The van der Waals surface area contributed by atoms with Crippen LogP contribution in [0.3, 0.4) is 0 Å². The number of hydrogen-bond donors (Lipinski definition) is 2. The minimum atomic E-state index is -0.986. The van der Waals surface area contributed by atoms with Gasteiger partial charge in [0.05, 0.1) is 12.0 Å². The third-order valence-corrected chi connectivity index (χ3v) is 7.81. The molecule has 7 heteroatoms. The van der Waals surface area contributed by atoms with Crippen molar-refractivity contribution in [2.45, 2.75) is 70.5 Å². The van der Waals surface area contributed by atoms with E-state index in [0.717, 1.165) is 56.9 Å². The van der Waals surface area contributed by atoms with E-state index < -0.39 is 5.97 Å². The topological polar surface area (TPSA) is 102 Å². The number of esters is 1. The Kier molecular flexibility index (Phi) is 7.91. The Labute approximate surface area is 195 Å². The molecule has 1 aliphatic heterocycles. The molecule has 3 aliphatic rings. The number of carboxylic acids is 1. The maximum absolute atomic E-state index is 12.5. The van der Waals surface area contributed by atoms with Crippen molar-refractivity contribution in [3.8, 4) is 5.75 Å². The van der Waals surface area contributed by atoms with Crippen LogP contribution < -0.4 is 4.74 Å². The summed E-state index contributed by atoms with van der Waals surface area (Å²) in [5, 5.41) is 19.8. The molecule has 33 heavy (non-hydrogen) atoms. The SMILES string of the molecule is CC[C@@H](CC[C@@H]1[C@H]2Cc3cccc(OCC(=O)O)c3C[C@H]2C[C@H]1O)OC(=O)C1CCOCC1. The second kappa shape index (κ2) is 10.9. The first kappa shape index (κ1) is 24.0. The Bertz CT molecular complexity index is 832. The van der Waals surface area contributed by atoms with Crippen molar-refractivity contribution < 1.29 is 34.0 Å². The van der Waals surface area contributed by atoms with Crippen LogP contribution in [0.5, 0.6) is 5.75 Å². The zero-order chi connectivity index (χ0) is 23.4. The highest BCUT2D eigenvalue weighted by Crippen LogP contribution is 2.48. The zero-order valence-electron chi connectivity index (χ0n) is 19.4. The predicted molar refractivity (Wildman–Crippen MR) is 121 cm³/mol. The molecule has 0 bridgehead atoms. The maximum atomic E-state index is 12.5. The smallest absolute Gasteiger partial charge is 0.341 e. The largest absolute Gasteiger partial charge is 0.482 e. The minimum Gasteiger partial charge on any atom is -0.482 e. The van der Waals surface area contributed by atoms with Gasteiger partial charge in [0.2, 0.25) is 0 Å². The summed E-state index contributed by atoms with van der Waals surface area (Å²) in [7, 11) is 0. The van der Waals surface area contributed by atoms with Gasteiger partial charge in [-0.05, 0) is 86.3 Å². The second-order valence-electron chi connectivity index (χ2n) is 9.81. The number of hydrogen-bond acceptors (Lipinski definition) is 6. The van der Waals surface area contributed by atoms with Gasteiger partial charge < -0.3 is 24.4 Å². The van der Waals surface area contributed by atoms with Crippen LogP contribution in [0.4, 0.5) is 0 Å². The number of ether oxygens (including phenoxy) is 3. The first-order valence-corrected chi connectivity index (χ1v) is 12.4. The van der Waals surface area contributed by atoms with Gasteiger partial charge in [-0.25, -0.2) is 4.79 Å². The fourth-order valence-corrected chi connectivity index (χ4v) is 6.00. The fourth-order valence-electron chi connectivity index (χ4n) is 6.00. The summed E-state index contributed by atoms with van der Waals surface area (Å²) < 4.78 is 16.7. The average molecular weight is 461 g/mol. The van der Waals surface area contributed by atoms with Crippen molar-refractivity contribution in [3.05, 3.63) is 29.3 Å².